The van der Waals surface area contributed by atoms with Crippen molar-refractivity contribution in [3.05, 3.63) is 52.9 Å². The summed E-state index contributed by atoms with van der Waals surface area (Å²) >= 11 is 3.26. The van der Waals surface area contributed by atoms with E-state index in [1.165, 1.54) is 13.4 Å². The van der Waals surface area contributed by atoms with Gasteiger partial charge < -0.3 is 10.1 Å². The van der Waals surface area contributed by atoms with Gasteiger partial charge in [0.05, 0.1) is 7.11 Å². The molecule has 0 spiro atoms. The van der Waals surface area contributed by atoms with Crippen LogP contribution in [0.3, 0.4) is 0 Å². The van der Waals surface area contributed by atoms with Crippen molar-refractivity contribution in [3.63, 3.8) is 0 Å². The van der Waals surface area contributed by atoms with Gasteiger partial charge >= 0.3 is 5.97 Å². The Balaban J connectivity index is 2.27. The van der Waals surface area contributed by atoms with Crippen molar-refractivity contribution in [1.82, 2.24) is 9.97 Å². The lowest BCUT2D eigenvalue weighted by atomic mass is 10.1. The molecule has 0 saturated heterocycles. The monoisotopic (exact) mass is 321 g/mol. The third-order valence-electron chi connectivity index (χ3n) is 2.50. The Hall–Kier alpha value is -1.95. The lowest BCUT2D eigenvalue weighted by Crippen LogP contribution is -2.22. The molecule has 0 aliphatic rings. The molecule has 0 bridgehead atoms. The standard InChI is InChI=1S/C13H12BrN3O2/c1-19-13(18)12(9-5-3-2-4-6-9)17-11-7-10(14)15-8-16-11/h2-8,12H,1H3,(H,15,16,17). The van der Waals surface area contributed by atoms with Gasteiger partial charge in [0.1, 0.15) is 16.7 Å². The number of esters is 1. The first-order valence-electron chi connectivity index (χ1n) is 5.57. The highest BCUT2D eigenvalue weighted by atomic mass is 79.9. The number of nitrogens with one attached hydrogen (secondary N) is 1. The van der Waals surface area contributed by atoms with Crippen LogP contribution in [0, 0.1) is 0 Å². The number of nitrogens with zero attached hydrogens (tertiary/aromatic N) is 2. The Bertz CT molecular complexity index is 563. The van der Waals surface area contributed by atoms with Crippen molar-refractivity contribution in [2.75, 3.05) is 12.4 Å². The fraction of sp³-hybridized carbons (Fsp3) is 0.154. The second kappa shape index (κ2) is 6.29. The van der Waals surface area contributed by atoms with E-state index in [0.29, 0.717) is 10.4 Å². The predicted octanol–water partition coefficient (Wildman–Crippen LogP) is 2.57. The van der Waals surface area contributed by atoms with Crippen LogP contribution in [0.1, 0.15) is 11.6 Å². The van der Waals surface area contributed by atoms with Crippen molar-refractivity contribution in [1.29, 1.82) is 0 Å². The van der Waals surface area contributed by atoms with Gasteiger partial charge in [-0.05, 0) is 21.5 Å². The number of methoxy groups -OCH3 is 1. The molecule has 0 aliphatic heterocycles. The third kappa shape index (κ3) is 3.51. The predicted molar refractivity (Wildman–Crippen MR) is 74.6 cm³/mol. The number of hydrogen-bond acceptors (Lipinski definition) is 5. The Labute approximate surface area is 119 Å². The van der Waals surface area contributed by atoms with Crippen LogP contribution in [0.15, 0.2) is 47.3 Å². The third-order valence-corrected chi connectivity index (χ3v) is 2.93. The van der Waals surface area contributed by atoms with Crippen molar-refractivity contribution >= 4 is 27.7 Å². The minimum atomic E-state index is -0.604. The molecule has 2 aromatic rings. The lowest BCUT2D eigenvalue weighted by Gasteiger charge is -2.17. The van der Waals surface area contributed by atoms with Crippen molar-refractivity contribution < 1.29 is 9.53 Å². The largest absolute Gasteiger partial charge is 0.467 e. The molecule has 6 heteroatoms. The van der Waals surface area contributed by atoms with Gasteiger partial charge in [-0.2, -0.15) is 0 Å². The number of benzene rings is 1. The van der Waals surface area contributed by atoms with E-state index in [2.05, 4.69) is 31.2 Å². The maximum atomic E-state index is 11.9. The summed E-state index contributed by atoms with van der Waals surface area (Å²) in [5, 5.41) is 3.03. The molecule has 0 radical (unpaired) electrons. The Morgan fingerprint density at radius 2 is 2.05 bits per heavy atom. The molecule has 0 amide bonds. The summed E-state index contributed by atoms with van der Waals surface area (Å²) in [6, 6.07) is 10.4. The maximum absolute atomic E-state index is 11.9. The molecule has 0 fully saturated rings. The van der Waals surface area contributed by atoms with E-state index in [9.17, 15) is 4.79 Å². The van der Waals surface area contributed by atoms with Crippen molar-refractivity contribution in [2.45, 2.75) is 6.04 Å². The zero-order chi connectivity index (χ0) is 13.7. The summed E-state index contributed by atoms with van der Waals surface area (Å²) in [6.45, 7) is 0. The average molecular weight is 322 g/mol. The summed E-state index contributed by atoms with van der Waals surface area (Å²) in [5.41, 5.74) is 0.809. The Kier molecular flexibility index (Phi) is 4.46. The maximum Gasteiger partial charge on any atom is 0.333 e. The topological polar surface area (TPSA) is 64.1 Å². The summed E-state index contributed by atoms with van der Waals surface area (Å²) in [5.74, 6) is 0.169. The molecule has 2 rings (SSSR count). The molecule has 0 saturated carbocycles. The van der Waals surface area contributed by atoms with Crippen LogP contribution < -0.4 is 5.32 Å². The molecule has 98 valence electrons. The molecular weight excluding hydrogens is 310 g/mol. The minimum absolute atomic E-state index is 0.374. The van der Waals surface area contributed by atoms with E-state index < -0.39 is 6.04 Å². The van der Waals surface area contributed by atoms with Gasteiger partial charge in [-0.25, -0.2) is 14.8 Å². The smallest absolute Gasteiger partial charge is 0.333 e. The van der Waals surface area contributed by atoms with E-state index in [4.69, 9.17) is 4.74 Å². The molecular formula is C13H12BrN3O2. The number of rotatable bonds is 4. The summed E-state index contributed by atoms with van der Waals surface area (Å²) in [4.78, 5) is 19.9. The number of carbonyl (C=O) groups is 1. The number of hydrogen-bond donors (Lipinski definition) is 1. The molecule has 5 nitrogen and oxygen atoms in total. The van der Waals surface area contributed by atoms with E-state index >= 15 is 0 Å². The van der Waals surface area contributed by atoms with Gasteiger partial charge in [0.2, 0.25) is 0 Å². The first kappa shape index (κ1) is 13.5. The summed E-state index contributed by atoms with van der Waals surface area (Å²) < 4.78 is 5.45. The first-order chi connectivity index (χ1) is 9.20. The minimum Gasteiger partial charge on any atom is -0.467 e. The first-order valence-corrected chi connectivity index (χ1v) is 6.37. The fourth-order valence-electron chi connectivity index (χ4n) is 1.60. The van der Waals surface area contributed by atoms with Crippen molar-refractivity contribution in [3.8, 4) is 0 Å². The molecule has 1 N–H and O–H groups in total. The van der Waals surface area contributed by atoms with E-state index in [0.717, 1.165) is 5.56 Å². The van der Waals surface area contributed by atoms with Crippen LogP contribution in [-0.2, 0) is 9.53 Å². The van der Waals surface area contributed by atoms with Crippen LogP contribution in [0.5, 0.6) is 0 Å². The normalized spacial score (nSPS) is 11.7. The number of ether oxygens (including phenoxy) is 1. The van der Waals surface area contributed by atoms with Crippen LogP contribution in [0.2, 0.25) is 0 Å². The lowest BCUT2D eigenvalue weighted by molar-refractivity contribution is -0.141. The van der Waals surface area contributed by atoms with Crippen molar-refractivity contribution in [2.24, 2.45) is 0 Å². The Morgan fingerprint density at radius 1 is 1.32 bits per heavy atom. The second-order valence-electron chi connectivity index (χ2n) is 3.74. The Morgan fingerprint density at radius 3 is 2.68 bits per heavy atom. The molecule has 1 aromatic heterocycles. The molecule has 1 unspecified atom stereocenters. The number of aromatic nitrogens is 2. The average Bonchev–Trinajstić information content (AvgIpc) is 2.45. The van der Waals surface area contributed by atoms with Gasteiger partial charge in [-0.3, -0.25) is 0 Å². The molecule has 0 aliphatic carbocycles. The molecule has 1 heterocycles. The number of anilines is 1. The molecule has 1 atom stereocenters. The fourth-order valence-corrected chi connectivity index (χ4v) is 1.91. The van der Waals surface area contributed by atoms with E-state index in [1.54, 1.807) is 6.07 Å². The highest BCUT2D eigenvalue weighted by Crippen LogP contribution is 2.20. The number of halogens is 1. The van der Waals surface area contributed by atoms with Crippen LogP contribution in [0.25, 0.3) is 0 Å². The number of carbonyl (C=O) groups excluding carboxylic acids is 1. The van der Waals surface area contributed by atoms with E-state index in [-0.39, 0.29) is 5.97 Å². The summed E-state index contributed by atoms with van der Waals surface area (Å²) in [6.07, 6.45) is 1.41. The summed E-state index contributed by atoms with van der Waals surface area (Å²) in [7, 11) is 1.36. The SMILES string of the molecule is COC(=O)C(Nc1cc(Br)ncn1)c1ccccc1. The van der Waals surface area contributed by atoms with Gasteiger partial charge in [0.15, 0.2) is 6.04 Å². The molecule has 19 heavy (non-hydrogen) atoms. The van der Waals surface area contributed by atoms with Crippen LogP contribution in [-0.4, -0.2) is 23.0 Å². The highest BCUT2D eigenvalue weighted by molar-refractivity contribution is 9.10. The quantitative estimate of drug-likeness (QED) is 0.692. The van der Waals surface area contributed by atoms with Gasteiger partial charge in [-0.1, -0.05) is 30.3 Å². The molecule has 1 aromatic carbocycles. The zero-order valence-electron chi connectivity index (χ0n) is 10.2. The second-order valence-corrected chi connectivity index (χ2v) is 4.55. The van der Waals surface area contributed by atoms with E-state index in [1.807, 2.05) is 30.3 Å². The van der Waals surface area contributed by atoms with Gasteiger partial charge in [-0.15, -0.1) is 0 Å². The van der Waals surface area contributed by atoms with Gasteiger partial charge in [0.25, 0.3) is 0 Å². The zero-order valence-corrected chi connectivity index (χ0v) is 11.8. The van der Waals surface area contributed by atoms with Gasteiger partial charge in [0, 0.05) is 6.07 Å². The van der Waals surface area contributed by atoms with Crippen LogP contribution >= 0.6 is 15.9 Å². The van der Waals surface area contributed by atoms with Crippen LogP contribution in [0.4, 0.5) is 5.82 Å². The highest BCUT2D eigenvalue weighted by Gasteiger charge is 2.21.